The summed E-state index contributed by atoms with van der Waals surface area (Å²) in [7, 11) is 2.04. The maximum atomic E-state index is 5.89. The summed E-state index contributed by atoms with van der Waals surface area (Å²) >= 11 is 0. The molecule has 0 aliphatic carbocycles. The molecule has 0 aromatic heterocycles. The molecule has 1 aromatic carbocycles. The van der Waals surface area contributed by atoms with Gasteiger partial charge in [-0.3, -0.25) is 0 Å². The Labute approximate surface area is 98.0 Å². The Bertz CT molecular complexity index is 362. The highest BCUT2D eigenvalue weighted by molar-refractivity contribution is 5.32. The lowest BCUT2D eigenvalue weighted by Gasteiger charge is -2.30. The topological polar surface area (TPSA) is 21.3 Å². The Morgan fingerprint density at radius 1 is 1.31 bits per heavy atom. The Balaban J connectivity index is 2.19. The van der Waals surface area contributed by atoms with Crippen LogP contribution in [0.5, 0.6) is 0 Å². The summed E-state index contributed by atoms with van der Waals surface area (Å²) in [4.78, 5) is 0. The van der Waals surface area contributed by atoms with Crippen molar-refractivity contribution in [2.24, 2.45) is 0 Å². The number of benzene rings is 1. The molecule has 0 amide bonds. The quantitative estimate of drug-likeness (QED) is 0.826. The van der Waals surface area contributed by atoms with E-state index in [1.54, 1.807) is 0 Å². The molecule has 0 radical (unpaired) electrons. The minimum absolute atomic E-state index is 0.270. The SMILES string of the molecule is CNC1CCOC(c2cc(C)ccc2C)C1. The fourth-order valence-corrected chi connectivity index (χ4v) is 2.38. The van der Waals surface area contributed by atoms with Gasteiger partial charge in [-0.25, -0.2) is 0 Å². The van der Waals surface area contributed by atoms with Crippen molar-refractivity contribution >= 4 is 0 Å². The van der Waals surface area contributed by atoms with Crippen LogP contribution in [0.25, 0.3) is 0 Å². The molecular weight excluding hydrogens is 198 g/mol. The summed E-state index contributed by atoms with van der Waals surface area (Å²) in [5.74, 6) is 0. The maximum absolute atomic E-state index is 5.89. The van der Waals surface area contributed by atoms with E-state index >= 15 is 0 Å². The lowest BCUT2D eigenvalue weighted by atomic mass is 9.93. The molecule has 2 heteroatoms. The van der Waals surface area contributed by atoms with E-state index in [0.29, 0.717) is 6.04 Å². The van der Waals surface area contributed by atoms with Crippen molar-refractivity contribution in [2.75, 3.05) is 13.7 Å². The summed E-state index contributed by atoms with van der Waals surface area (Å²) in [6.45, 7) is 5.17. The average Bonchev–Trinajstić information content (AvgIpc) is 2.32. The molecule has 1 N–H and O–H groups in total. The molecule has 88 valence electrons. The Hall–Kier alpha value is -0.860. The van der Waals surface area contributed by atoms with Crippen LogP contribution in [-0.4, -0.2) is 19.7 Å². The smallest absolute Gasteiger partial charge is 0.0842 e. The van der Waals surface area contributed by atoms with E-state index in [0.717, 1.165) is 19.4 Å². The van der Waals surface area contributed by atoms with E-state index in [4.69, 9.17) is 4.74 Å². The molecule has 2 rings (SSSR count). The van der Waals surface area contributed by atoms with Crippen LogP contribution >= 0.6 is 0 Å². The predicted octanol–water partition coefficient (Wildman–Crippen LogP) is 2.74. The number of ether oxygens (including phenoxy) is 1. The van der Waals surface area contributed by atoms with Crippen molar-refractivity contribution in [3.05, 3.63) is 34.9 Å². The second-order valence-corrected chi connectivity index (χ2v) is 4.73. The number of nitrogens with one attached hydrogen (secondary N) is 1. The van der Waals surface area contributed by atoms with E-state index in [-0.39, 0.29) is 6.10 Å². The van der Waals surface area contributed by atoms with Crippen molar-refractivity contribution in [3.63, 3.8) is 0 Å². The summed E-state index contributed by atoms with van der Waals surface area (Å²) < 4.78 is 5.89. The average molecular weight is 219 g/mol. The highest BCUT2D eigenvalue weighted by Gasteiger charge is 2.23. The second-order valence-electron chi connectivity index (χ2n) is 4.73. The lowest BCUT2D eigenvalue weighted by Crippen LogP contribution is -2.33. The van der Waals surface area contributed by atoms with Crippen molar-refractivity contribution in [1.82, 2.24) is 5.32 Å². The van der Waals surface area contributed by atoms with Gasteiger partial charge in [0, 0.05) is 12.6 Å². The zero-order valence-corrected chi connectivity index (χ0v) is 10.4. The Morgan fingerprint density at radius 3 is 2.88 bits per heavy atom. The molecule has 1 aliphatic rings. The van der Waals surface area contributed by atoms with Gasteiger partial charge in [0.2, 0.25) is 0 Å². The number of hydrogen-bond donors (Lipinski definition) is 1. The van der Waals surface area contributed by atoms with E-state index in [9.17, 15) is 0 Å². The van der Waals surface area contributed by atoms with Crippen LogP contribution in [0.2, 0.25) is 0 Å². The van der Waals surface area contributed by atoms with E-state index < -0.39 is 0 Å². The fourth-order valence-electron chi connectivity index (χ4n) is 2.38. The molecule has 2 unspecified atom stereocenters. The molecule has 1 aromatic rings. The molecule has 1 aliphatic heterocycles. The second kappa shape index (κ2) is 4.98. The molecule has 0 saturated carbocycles. The number of hydrogen-bond acceptors (Lipinski definition) is 2. The van der Waals surface area contributed by atoms with Crippen LogP contribution in [0.3, 0.4) is 0 Å². The van der Waals surface area contributed by atoms with Gasteiger partial charge in [0.1, 0.15) is 0 Å². The molecule has 1 heterocycles. The van der Waals surface area contributed by atoms with E-state index in [1.165, 1.54) is 16.7 Å². The maximum Gasteiger partial charge on any atom is 0.0842 e. The molecule has 1 fully saturated rings. The lowest BCUT2D eigenvalue weighted by molar-refractivity contribution is 0.00118. The monoisotopic (exact) mass is 219 g/mol. The van der Waals surface area contributed by atoms with Gasteiger partial charge in [0.05, 0.1) is 6.10 Å². The Morgan fingerprint density at radius 2 is 2.12 bits per heavy atom. The fraction of sp³-hybridized carbons (Fsp3) is 0.571. The first-order chi connectivity index (χ1) is 7.70. The molecule has 2 nitrogen and oxygen atoms in total. The van der Waals surface area contributed by atoms with Gasteiger partial charge in [-0.15, -0.1) is 0 Å². The Kier molecular flexibility index (Phi) is 3.62. The summed E-state index contributed by atoms with van der Waals surface area (Å²) in [6, 6.07) is 7.21. The minimum atomic E-state index is 0.270. The first-order valence-electron chi connectivity index (χ1n) is 6.06. The van der Waals surface area contributed by atoms with Gasteiger partial charge in [0.15, 0.2) is 0 Å². The predicted molar refractivity (Wildman–Crippen MR) is 66.7 cm³/mol. The highest BCUT2D eigenvalue weighted by Crippen LogP contribution is 2.30. The van der Waals surface area contributed by atoms with Crippen LogP contribution in [0.15, 0.2) is 18.2 Å². The van der Waals surface area contributed by atoms with Crippen molar-refractivity contribution in [2.45, 2.75) is 38.8 Å². The largest absolute Gasteiger partial charge is 0.373 e. The molecule has 2 atom stereocenters. The van der Waals surface area contributed by atoms with E-state index in [2.05, 4.69) is 37.4 Å². The molecule has 16 heavy (non-hydrogen) atoms. The molecule has 0 spiro atoms. The van der Waals surface area contributed by atoms with Crippen molar-refractivity contribution in [3.8, 4) is 0 Å². The highest BCUT2D eigenvalue weighted by atomic mass is 16.5. The standard InChI is InChI=1S/C14H21NO/c1-10-4-5-11(2)13(8-10)14-9-12(15-3)6-7-16-14/h4-5,8,12,14-15H,6-7,9H2,1-3H3. The number of aryl methyl sites for hydroxylation is 2. The van der Waals surface area contributed by atoms with Gasteiger partial charge in [0.25, 0.3) is 0 Å². The van der Waals surface area contributed by atoms with Crippen LogP contribution in [0.1, 0.15) is 35.6 Å². The molecule has 0 bridgehead atoms. The summed E-state index contributed by atoms with van der Waals surface area (Å²) in [5.41, 5.74) is 4.02. The zero-order chi connectivity index (χ0) is 11.5. The van der Waals surface area contributed by atoms with Crippen LogP contribution in [0.4, 0.5) is 0 Å². The van der Waals surface area contributed by atoms with Gasteiger partial charge in [-0.2, -0.15) is 0 Å². The first-order valence-corrected chi connectivity index (χ1v) is 6.06. The summed E-state index contributed by atoms with van der Waals surface area (Å²) in [5, 5.41) is 3.36. The van der Waals surface area contributed by atoms with Gasteiger partial charge in [-0.05, 0) is 44.9 Å². The summed E-state index contributed by atoms with van der Waals surface area (Å²) in [6.07, 6.45) is 2.48. The first kappa shape index (κ1) is 11.6. The van der Waals surface area contributed by atoms with Crippen LogP contribution in [0, 0.1) is 13.8 Å². The van der Waals surface area contributed by atoms with E-state index in [1.807, 2.05) is 7.05 Å². The van der Waals surface area contributed by atoms with Crippen molar-refractivity contribution < 1.29 is 4.74 Å². The third kappa shape index (κ3) is 2.45. The normalized spacial score (nSPS) is 25.7. The number of rotatable bonds is 2. The zero-order valence-electron chi connectivity index (χ0n) is 10.4. The van der Waals surface area contributed by atoms with Crippen LogP contribution < -0.4 is 5.32 Å². The van der Waals surface area contributed by atoms with Gasteiger partial charge < -0.3 is 10.1 Å². The third-order valence-electron chi connectivity index (χ3n) is 3.47. The molecular formula is C14H21NO. The minimum Gasteiger partial charge on any atom is -0.373 e. The van der Waals surface area contributed by atoms with Gasteiger partial charge in [-0.1, -0.05) is 23.8 Å². The van der Waals surface area contributed by atoms with Gasteiger partial charge >= 0.3 is 0 Å². The molecule has 1 saturated heterocycles. The van der Waals surface area contributed by atoms with Crippen LogP contribution in [-0.2, 0) is 4.74 Å². The third-order valence-corrected chi connectivity index (χ3v) is 3.47. The van der Waals surface area contributed by atoms with Crippen molar-refractivity contribution in [1.29, 1.82) is 0 Å².